The Morgan fingerprint density at radius 3 is 2.93 bits per heavy atom. The minimum absolute atomic E-state index is 0.190. The smallest absolute Gasteiger partial charge is 0.0802 e. The molecule has 1 aliphatic rings. The third-order valence-electron chi connectivity index (χ3n) is 2.43. The first-order chi connectivity index (χ1) is 7.27. The second kappa shape index (κ2) is 6.59. The number of hydrogen-bond donors (Lipinski definition) is 0. The Kier molecular flexibility index (Phi) is 5.37. The van der Waals surface area contributed by atoms with Gasteiger partial charge in [0.1, 0.15) is 0 Å². The molecule has 1 saturated heterocycles. The SMILES string of the molecule is C=CCOC/C=C/C1CC(=C)[C@H](CC)O1. The van der Waals surface area contributed by atoms with Gasteiger partial charge >= 0.3 is 0 Å². The minimum Gasteiger partial charge on any atom is -0.373 e. The first-order valence-electron chi connectivity index (χ1n) is 5.46. The molecule has 0 bridgehead atoms. The van der Waals surface area contributed by atoms with Crippen molar-refractivity contribution in [3.63, 3.8) is 0 Å². The number of ether oxygens (including phenoxy) is 2. The van der Waals surface area contributed by atoms with E-state index in [1.165, 1.54) is 5.57 Å². The standard InChI is InChI=1S/C13H20O2/c1-4-8-14-9-6-7-12-10-11(3)13(5-2)15-12/h4,6-7,12-13H,1,3,5,8-10H2,2H3/b7-6+/t12?,13-/m0/s1. The highest BCUT2D eigenvalue weighted by molar-refractivity contribution is 5.13. The van der Waals surface area contributed by atoms with Crippen LogP contribution >= 0.6 is 0 Å². The highest BCUT2D eigenvalue weighted by atomic mass is 16.5. The van der Waals surface area contributed by atoms with Crippen LogP contribution in [0.25, 0.3) is 0 Å². The van der Waals surface area contributed by atoms with Gasteiger partial charge in [0, 0.05) is 6.42 Å². The molecule has 1 rings (SSSR count). The summed E-state index contributed by atoms with van der Waals surface area (Å²) in [5.74, 6) is 0. The third kappa shape index (κ3) is 4.02. The summed E-state index contributed by atoms with van der Waals surface area (Å²) in [6, 6.07) is 0. The molecule has 0 radical (unpaired) electrons. The lowest BCUT2D eigenvalue weighted by atomic mass is 10.1. The lowest BCUT2D eigenvalue weighted by molar-refractivity contribution is 0.0778. The molecule has 2 heteroatoms. The Bertz CT molecular complexity index is 243. The van der Waals surface area contributed by atoms with Gasteiger partial charge in [0.25, 0.3) is 0 Å². The average molecular weight is 208 g/mol. The maximum Gasteiger partial charge on any atom is 0.0802 e. The average Bonchev–Trinajstić information content (AvgIpc) is 2.59. The highest BCUT2D eigenvalue weighted by Crippen LogP contribution is 2.26. The molecule has 0 amide bonds. The second-order valence-electron chi connectivity index (χ2n) is 3.69. The van der Waals surface area contributed by atoms with E-state index in [0.717, 1.165) is 12.8 Å². The van der Waals surface area contributed by atoms with Crippen LogP contribution in [0.5, 0.6) is 0 Å². The van der Waals surface area contributed by atoms with Crippen molar-refractivity contribution in [1.82, 2.24) is 0 Å². The van der Waals surface area contributed by atoms with E-state index in [2.05, 4.69) is 26.2 Å². The predicted molar refractivity (Wildman–Crippen MR) is 62.9 cm³/mol. The van der Waals surface area contributed by atoms with Gasteiger partial charge in [-0.25, -0.2) is 0 Å². The normalized spacial score (nSPS) is 26.3. The lowest BCUT2D eigenvalue weighted by Gasteiger charge is -2.08. The molecule has 2 nitrogen and oxygen atoms in total. The molecule has 0 spiro atoms. The van der Waals surface area contributed by atoms with Crippen LogP contribution in [0.4, 0.5) is 0 Å². The summed E-state index contributed by atoms with van der Waals surface area (Å²) in [6.45, 7) is 10.9. The summed E-state index contributed by atoms with van der Waals surface area (Å²) in [5, 5.41) is 0. The largest absolute Gasteiger partial charge is 0.373 e. The fourth-order valence-corrected chi connectivity index (χ4v) is 1.67. The Morgan fingerprint density at radius 2 is 2.33 bits per heavy atom. The first-order valence-corrected chi connectivity index (χ1v) is 5.46. The molecule has 1 aliphatic heterocycles. The fraction of sp³-hybridized carbons (Fsp3) is 0.538. The zero-order valence-corrected chi connectivity index (χ0v) is 9.45. The van der Waals surface area contributed by atoms with E-state index in [-0.39, 0.29) is 12.2 Å². The van der Waals surface area contributed by atoms with Crippen molar-refractivity contribution >= 4 is 0 Å². The zero-order valence-electron chi connectivity index (χ0n) is 9.45. The molecule has 1 fully saturated rings. The Morgan fingerprint density at radius 1 is 1.53 bits per heavy atom. The molecule has 1 unspecified atom stereocenters. The molecule has 0 aliphatic carbocycles. The Balaban J connectivity index is 2.22. The van der Waals surface area contributed by atoms with Gasteiger partial charge in [0.05, 0.1) is 25.4 Å². The van der Waals surface area contributed by atoms with E-state index < -0.39 is 0 Å². The maximum atomic E-state index is 5.77. The van der Waals surface area contributed by atoms with Crippen molar-refractivity contribution in [2.45, 2.75) is 32.0 Å². The molecule has 1 heterocycles. The molecule has 0 saturated carbocycles. The van der Waals surface area contributed by atoms with E-state index in [1.807, 2.05) is 6.08 Å². The van der Waals surface area contributed by atoms with E-state index >= 15 is 0 Å². The molecule has 84 valence electrons. The molecule has 2 atom stereocenters. The van der Waals surface area contributed by atoms with Gasteiger partial charge in [0.15, 0.2) is 0 Å². The fourth-order valence-electron chi connectivity index (χ4n) is 1.67. The summed E-state index contributed by atoms with van der Waals surface area (Å²) in [6.07, 6.45) is 8.19. The van der Waals surface area contributed by atoms with Crippen LogP contribution in [0.15, 0.2) is 37.0 Å². The summed E-state index contributed by atoms with van der Waals surface area (Å²) in [4.78, 5) is 0. The van der Waals surface area contributed by atoms with Gasteiger partial charge in [0.2, 0.25) is 0 Å². The molecule has 0 N–H and O–H groups in total. The monoisotopic (exact) mass is 208 g/mol. The quantitative estimate of drug-likeness (QED) is 0.493. The predicted octanol–water partition coefficient (Wildman–Crippen LogP) is 2.87. The van der Waals surface area contributed by atoms with Gasteiger partial charge in [-0.3, -0.25) is 0 Å². The van der Waals surface area contributed by atoms with Crippen molar-refractivity contribution < 1.29 is 9.47 Å². The molecule has 0 aromatic heterocycles. The van der Waals surface area contributed by atoms with E-state index in [1.54, 1.807) is 6.08 Å². The molecule has 15 heavy (non-hydrogen) atoms. The van der Waals surface area contributed by atoms with Crippen LogP contribution in [0.3, 0.4) is 0 Å². The molecule has 0 aromatic carbocycles. The van der Waals surface area contributed by atoms with E-state index in [0.29, 0.717) is 13.2 Å². The topological polar surface area (TPSA) is 18.5 Å². The minimum atomic E-state index is 0.190. The van der Waals surface area contributed by atoms with Crippen LogP contribution in [0.1, 0.15) is 19.8 Å². The first kappa shape index (κ1) is 12.2. The van der Waals surface area contributed by atoms with Crippen LogP contribution < -0.4 is 0 Å². The van der Waals surface area contributed by atoms with E-state index in [4.69, 9.17) is 9.47 Å². The highest BCUT2D eigenvalue weighted by Gasteiger charge is 2.24. The second-order valence-corrected chi connectivity index (χ2v) is 3.69. The van der Waals surface area contributed by atoms with Gasteiger partial charge in [-0.15, -0.1) is 6.58 Å². The zero-order chi connectivity index (χ0) is 11.1. The summed E-state index contributed by atoms with van der Waals surface area (Å²) in [5.41, 5.74) is 1.21. The third-order valence-corrected chi connectivity index (χ3v) is 2.43. The summed E-state index contributed by atoms with van der Waals surface area (Å²) >= 11 is 0. The van der Waals surface area contributed by atoms with Crippen molar-refractivity contribution in [3.05, 3.63) is 37.0 Å². The summed E-state index contributed by atoms with van der Waals surface area (Å²) in [7, 11) is 0. The maximum absolute atomic E-state index is 5.77. The number of hydrogen-bond acceptors (Lipinski definition) is 2. The van der Waals surface area contributed by atoms with Gasteiger partial charge in [-0.05, 0) is 12.0 Å². The van der Waals surface area contributed by atoms with Crippen LogP contribution in [0, 0.1) is 0 Å². The van der Waals surface area contributed by atoms with Gasteiger partial charge < -0.3 is 9.47 Å². The van der Waals surface area contributed by atoms with Crippen LogP contribution in [0.2, 0.25) is 0 Å². The molecular formula is C13H20O2. The van der Waals surface area contributed by atoms with Crippen molar-refractivity contribution in [2.75, 3.05) is 13.2 Å². The van der Waals surface area contributed by atoms with Crippen LogP contribution in [-0.4, -0.2) is 25.4 Å². The van der Waals surface area contributed by atoms with Crippen molar-refractivity contribution in [3.8, 4) is 0 Å². The molecular weight excluding hydrogens is 188 g/mol. The Hall–Kier alpha value is -0.860. The van der Waals surface area contributed by atoms with Crippen molar-refractivity contribution in [1.29, 1.82) is 0 Å². The van der Waals surface area contributed by atoms with Crippen molar-refractivity contribution in [2.24, 2.45) is 0 Å². The summed E-state index contributed by atoms with van der Waals surface area (Å²) < 4.78 is 11.0. The van der Waals surface area contributed by atoms with Gasteiger partial charge in [-0.2, -0.15) is 0 Å². The number of rotatable bonds is 6. The van der Waals surface area contributed by atoms with E-state index in [9.17, 15) is 0 Å². The van der Waals surface area contributed by atoms with Gasteiger partial charge in [-0.1, -0.05) is 31.7 Å². The Labute approximate surface area is 92.3 Å². The molecule has 0 aromatic rings. The lowest BCUT2D eigenvalue weighted by Crippen LogP contribution is -2.08. The van der Waals surface area contributed by atoms with Crippen LogP contribution in [-0.2, 0) is 9.47 Å².